The second kappa shape index (κ2) is 9.71. The predicted molar refractivity (Wildman–Crippen MR) is 128 cm³/mol. The molecule has 4 rings (SSSR count). The van der Waals surface area contributed by atoms with Crippen molar-refractivity contribution in [3.8, 4) is 11.3 Å². The van der Waals surface area contributed by atoms with Crippen LogP contribution in [0.15, 0.2) is 79.3 Å². The third-order valence-electron chi connectivity index (χ3n) is 5.49. The summed E-state index contributed by atoms with van der Waals surface area (Å²) in [5.41, 5.74) is 5.87. The first-order valence-corrected chi connectivity index (χ1v) is 10.8. The zero-order valence-electron chi connectivity index (χ0n) is 18.9. The number of pyridine rings is 3. The van der Waals surface area contributed by atoms with Gasteiger partial charge in [0.15, 0.2) is 0 Å². The molecule has 33 heavy (non-hydrogen) atoms. The molecule has 0 aliphatic heterocycles. The van der Waals surface area contributed by atoms with Gasteiger partial charge in [-0.15, -0.1) is 0 Å². The van der Waals surface area contributed by atoms with Crippen LogP contribution >= 0.6 is 0 Å². The number of aryl methyl sites for hydroxylation is 2. The number of amides is 1. The number of nitrogens with zero attached hydrogens (tertiary/aromatic N) is 3. The highest BCUT2D eigenvalue weighted by Crippen LogP contribution is 2.28. The molecule has 4 aromatic rings. The van der Waals surface area contributed by atoms with Crippen LogP contribution in [-0.4, -0.2) is 26.0 Å². The average Bonchev–Trinajstić information content (AvgIpc) is 2.84. The lowest BCUT2D eigenvalue weighted by Crippen LogP contribution is -2.27. The second-order valence-corrected chi connectivity index (χ2v) is 8.15. The summed E-state index contributed by atoms with van der Waals surface area (Å²) in [6.45, 7) is 5.81. The molecule has 0 saturated heterocycles. The number of carbonyl (C=O) groups is 1. The molecule has 1 amide bonds. The largest absolute Gasteiger partial charge is 0.382 e. The third-order valence-corrected chi connectivity index (χ3v) is 5.49. The van der Waals surface area contributed by atoms with Crippen LogP contribution in [0.1, 0.15) is 57.5 Å². The molecule has 0 aliphatic carbocycles. The molecule has 0 saturated carbocycles. The van der Waals surface area contributed by atoms with Gasteiger partial charge in [0.25, 0.3) is 5.91 Å². The van der Waals surface area contributed by atoms with Crippen LogP contribution in [0.3, 0.4) is 0 Å². The number of hydrogen-bond donors (Lipinski definition) is 2. The van der Waals surface area contributed by atoms with Crippen LogP contribution in [0, 0.1) is 13.8 Å². The average molecular weight is 439 g/mol. The van der Waals surface area contributed by atoms with Crippen LogP contribution in [0.25, 0.3) is 11.3 Å². The van der Waals surface area contributed by atoms with Gasteiger partial charge < -0.3 is 10.4 Å². The number of rotatable bonds is 6. The van der Waals surface area contributed by atoms with Gasteiger partial charge in [-0.3, -0.25) is 19.7 Å². The minimum atomic E-state index is -0.970. The molecular weight excluding hydrogens is 412 g/mol. The summed E-state index contributed by atoms with van der Waals surface area (Å²) in [5.74, 6) is -0.244. The monoisotopic (exact) mass is 438 g/mol. The third kappa shape index (κ3) is 5.30. The van der Waals surface area contributed by atoms with E-state index in [1.807, 2.05) is 57.2 Å². The quantitative estimate of drug-likeness (QED) is 0.454. The van der Waals surface area contributed by atoms with Gasteiger partial charge in [0.2, 0.25) is 0 Å². The van der Waals surface area contributed by atoms with E-state index in [2.05, 4.69) is 20.3 Å². The van der Waals surface area contributed by atoms with Gasteiger partial charge in [0.1, 0.15) is 6.10 Å². The van der Waals surface area contributed by atoms with Gasteiger partial charge in [0, 0.05) is 35.4 Å². The first-order chi connectivity index (χ1) is 15.9. The molecule has 0 bridgehead atoms. The minimum absolute atomic E-state index is 0.226. The Hall–Kier alpha value is -3.90. The van der Waals surface area contributed by atoms with Crippen molar-refractivity contribution in [3.63, 3.8) is 0 Å². The van der Waals surface area contributed by atoms with Gasteiger partial charge in [0.05, 0.1) is 17.4 Å². The molecule has 2 N–H and O–H groups in total. The van der Waals surface area contributed by atoms with E-state index in [4.69, 9.17) is 0 Å². The Labute approximate surface area is 193 Å². The Morgan fingerprint density at radius 1 is 0.909 bits per heavy atom. The smallest absolute Gasteiger partial charge is 0.251 e. The van der Waals surface area contributed by atoms with E-state index in [1.165, 1.54) is 0 Å². The fraction of sp³-hybridized carbons (Fsp3) is 0.185. The number of carbonyl (C=O) groups excluding carboxylic acids is 1. The Balaban J connectivity index is 1.69. The molecule has 0 fully saturated rings. The minimum Gasteiger partial charge on any atom is -0.382 e. The summed E-state index contributed by atoms with van der Waals surface area (Å²) in [4.78, 5) is 26.3. The van der Waals surface area contributed by atoms with E-state index in [9.17, 15) is 9.90 Å². The van der Waals surface area contributed by atoms with Crippen LogP contribution < -0.4 is 5.32 Å². The number of benzene rings is 1. The van der Waals surface area contributed by atoms with E-state index >= 15 is 0 Å². The van der Waals surface area contributed by atoms with Crippen molar-refractivity contribution in [3.05, 3.63) is 113 Å². The zero-order chi connectivity index (χ0) is 23.4. The summed E-state index contributed by atoms with van der Waals surface area (Å²) in [6.07, 6.45) is 4.21. The molecule has 1 aromatic carbocycles. The van der Waals surface area contributed by atoms with Crippen molar-refractivity contribution < 1.29 is 9.90 Å². The number of nitrogens with one attached hydrogen (secondary N) is 1. The van der Waals surface area contributed by atoms with E-state index < -0.39 is 6.10 Å². The lowest BCUT2D eigenvalue weighted by Gasteiger charge is -2.17. The second-order valence-electron chi connectivity index (χ2n) is 8.15. The maximum Gasteiger partial charge on any atom is 0.251 e. The number of aromatic nitrogens is 3. The molecule has 6 heteroatoms. The van der Waals surface area contributed by atoms with Crippen LogP contribution in [0.5, 0.6) is 0 Å². The molecule has 3 heterocycles. The predicted octanol–water partition coefficient (Wildman–Crippen LogP) is 4.73. The van der Waals surface area contributed by atoms with Crippen molar-refractivity contribution in [1.29, 1.82) is 0 Å². The topological polar surface area (TPSA) is 88.0 Å². The lowest BCUT2D eigenvalue weighted by atomic mass is 9.97. The summed E-state index contributed by atoms with van der Waals surface area (Å²) >= 11 is 0. The highest BCUT2D eigenvalue weighted by Gasteiger charge is 2.18. The normalized spacial score (nSPS) is 12.7. The highest BCUT2D eigenvalue weighted by molar-refractivity contribution is 5.96. The molecule has 166 valence electrons. The van der Waals surface area contributed by atoms with Crippen LogP contribution in [-0.2, 0) is 0 Å². The fourth-order valence-electron chi connectivity index (χ4n) is 3.53. The molecule has 2 atom stereocenters. The Morgan fingerprint density at radius 3 is 2.42 bits per heavy atom. The maximum atomic E-state index is 13.2. The van der Waals surface area contributed by atoms with Crippen LogP contribution in [0.2, 0.25) is 0 Å². The molecule has 6 nitrogen and oxygen atoms in total. The van der Waals surface area contributed by atoms with Crippen molar-refractivity contribution in [1.82, 2.24) is 20.3 Å². The highest BCUT2D eigenvalue weighted by atomic mass is 16.3. The number of aliphatic hydroxyl groups is 1. The Kier molecular flexibility index (Phi) is 6.56. The van der Waals surface area contributed by atoms with E-state index in [0.29, 0.717) is 16.8 Å². The Morgan fingerprint density at radius 2 is 1.76 bits per heavy atom. The van der Waals surface area contributed by atoms with Gasteiger partial charge in [-0.1, -0.05) is 18.2 Å². The van der Waals surface area contributed by atoms with Crippen LogP contribution in [0.4, 0.5) is 0 Å². The molecule has 1 unspecified atom stereocenters. The maximum absolute atomic E-state index is 13.2. The molecule has 0 radical (unpaired) electrons. The Bertz CT molecular complexity index is 1240. The van der Waals surface area contributed by atoms with E-state index in [0.717, 1.165) is 28.1 Å². The van der Waals surface area contributed by atoms with Gasteiger partial charge in [-0.25, -0.2) is 0 Å². The molecule has 3 aromatic heterocycles. The molecule has 0 spiro atoms. The number of aliphatic hydroxyl groups excluding tert-OH is 1. The van der Waals surface area contributed by atoms with Gasteiger partial charge in [-0.05, 0) is 79.9 Å². The summed E-state index contributed by atoms with van der Waals surface area (Å²) in [7, 11) is 0. The van der Waals surface area contributed by atoms with Crippen molar-refractivity contribution in [2.75, 3.05) is 0 Å². The first-order valence-electron chi connectivity index (χ1n) is 10.8. The lowest BCUT2D eigenvalue weighted by molar-refractivity contribution is 0.0939. The van der Waals surface area contributed by atoms with E-state index in [1.54, 1.807) is 42.9 Å². The molecule has 0 aliphatic rings. The molecular formula is C27H26N4O2. The van der Waals surface area contributed by atoms with Crippen molar-refractivity contribution >= 4 is 5.91 Å². The van der Waals surface area contributed by atoms with Gasteiger partial charge >= 0.3 is 0 Å². The summed E-state index contributed by atoms with van der Waals surface area (Å²) in [5, 5.41) is 14.0. The fourth-order valence-corrected chi connectivity index (χ4v) is 3.53. The van der Waals surface area contributed by atoms with Gasteiger partial charge in [-0.2, -0.15) is 0 Å². The first kappa shape index (κ1) is 22.3. The van der Waals surface area contributed by atoms with E-state index in [-0.39, 0.29) is 11.9 Å². The van der Waals surface area contributed by atoms with Crippen molar-refractivity contribution in [2.24, 2.45) is 0 Å². The standard InChI is InChI=1S/C27H26N4O2/c1-17-7-10-24(30-15-17)21-12-22(26(32)25-6-4-5-11-28-25)14-23(13-21)27(33)31-19(3)20-9-8-18(2)29-16-20/h4-16,19,26,32H,1-3H3,(H,31,33)/t19-,26?/m1/s1. The SMILES string of the molecule is Cc1ccc(-c2cc(C(=O)N[C@H](C)c3ccc(C)nc3)cc(C(O)c3ccccn3)c2)nc1. The zero-order valence-corrected chi connectivity index (χ0v) is 18.9. The van der Waals surface area contributed by atoms with Crippen molar-refractivity contribution in [2.45, 2.75) is 32.9 Å². The summed E-state index contributed by atoms with van der Waals surface area (Å²) < 4.78 is 0. The number of hydrogen-bond acceptors (Lipinski definition) is 5. The summed E-state index contributed by atoms with van der Waals surface area (Å²) in [6, 6.07) is 18.2.